The summed E-state index contributed by atoms with van der Waals surface area (Å²) in [7, 11) is 7.38. The Bertz CT molecular complexity index is 1040. The van der Waals surface area contributed by atoms with Gasteiger partial charge in [0, 0.05) is 45.3 Å². The molecule has 1 saturated heterocycles. The molecule has 4 rings (SSSR count). The van der Waals surface area contributed by atoms with E-state index in [-0.39, 0.29) is 11.9 Å². The third-order valence-corrected chi connectivity index (χ3v) is 5.56. The molecular formula is C22H30N8O. The molecule has 1 fully saturated rings. The van der Waals surface area contributed by atoms with Crippen molar-refractivity contribution in [3.05, 3.63) is 42.2 Å². The maximum absolute atomic E-state index is 12.6. The molecule has 3 heterocycles. The van der Waals surface area contributed by atoms with Crippen molar-refractivity contribution in [2.24, 2.45) is 0 Å². The van der Waals surface area contributed by atoms with E-state index in [4.69, 9.17) is 4.98 Å². The van der Waals surface area contributed by atoms with Crippen LogP contribution in [0.4, 0.5) is 17.5 Å². The highest BCUT2D eigenvalue weighted by Gasteiger charge is 2.24. The molecule has 1 aliphatic heterocycles. The van der Waals surface area contributed by atoms with Gasteiger partial charge in [-0.1, -0.05) is 12.1 Å². The summed E-state index contributed by atoms with van der Waals surface area (Å²) >= 11 is 0. The van der Waals surface area contributed by atoms with E-state index in [0.29, 0.717) is 17.4 Å². The number of anilines is 3. The number of carbonyl (C=O) groups excluding carboxylic acids is 1. The fourth-order valence-electron chi connectivity index (χ4n) is 3.92. The Morgan fingerprint density at radius 3 is 2.42 bits per heavy atom. The molecule has 1 atom stereocenters. The Balaban J connectivity index is 1.60. The van der Waals surface area contributed by atoms with Crippen LogP contribution in [0.25, 0.3) is 5.65 Å². The summed E-state index contributed by atoms with van der Waals surface area (Å²) in [4.78, 5) is 27.6. The van der Waals surface area contributed by atoms with Crippen LogP contribution in [-0.4, -0.2) is 76.6 Å². The van der Waals surface area contributed by atoms with Gasteiger partial charge in [-0.25, -0.2) is 9.50 Å². The van der Waals surface area contributed by atoms with Gasteiger partial charge < -0.3 is 15.1 Å². The minimum absolute atomic E-state index is 0.0479. The lowest BCUT2D eigenvalue weighted by atomic mass is 10.0. The van der Waals surface area contributed by atoms with Gasteiger partial charge in [0.25, 0.3) is 0 Å². The molecule has 0 aliphatic carbocycles. The Kier molecular flexibility index (Phi) is 6.03. The van der Waals surface area contributed by atoms with E-state index >= 15 is 0 Å². The average Bonchev–Trinajstić information content (AvgIpc) is 3.24. The minimum atomic E-state index is -0.326. The zero-order chi connectivity index (χ0) is 22.0. The van der Waals surface area contributed by atoms with Crippen molar-refractivity contribution in [1.82, 2.24) is 29.4 Å². The minimum Gasteiger partial charge on any atom is -0.347 e. The number of nitrogens with one attached hydrogen (secondary N) is 1. The number of piperidine rings is 1. The van der Waals surface area contributed by atoms with Gasteiger partial charge in [0.1, 0.15) is 6.04 Å². The van der Waals surface area contributed by atoms with E-state index in [9.17, 15) is 4.79 Å². The summed E-state index contributed by atoms with van der Waals surface area (Å²) < 4.78 is 1.77. The SMILES string of the molecule is CN(C)C(=O)C(c1ccc(Nc2nc(N3CCCCC3)nn3ccnc23)cc1)N(C)C. The van der Waals surface area contributed by atoms with E-state index in [1.165, 1.54) is 6.42 Å². The molecule has 9 heteroatoms. The number of benzene rings is 1. The van der Waals surface area contributed by atoms with Crippen LogP contribution in [0.5, 0.6) is 0 Å². The van der Waals surface area contributed by atoms with Crippen LogP contribution in [0, 0.1) is 0 Å². The third-order valence-electron chi connectivity index (χ3n) is 5.56. The second-order valence-electron chi connectivity index (χ2n) is 8.35. The summed E-state index contributed by atoms with van der Waals surface area (Å²) in [6.07, 6.45) is 7.15. The number of fused-ring (bicyclic) bond motifs is 1. The summed E-state index contributed by atoms with van der Waals surface area (Å²) in [5, 5.41) is 8.02. The monoisotopic (exact) mass is 422 g/mol. The normalized spacial score (nSPS) is 15.3. The van der Waals surface area contributed by atoms with Crippen LogP contribution in [0.2, 0.25) is 0 Å². The van der Waals surface area contributed by atoms with Crippen LogP contribution in [0.15, 0.2) is 36.7 Å². The highest BCUT2D eigenvalue weighted by molar-refractivity contribution is 5.83. The zero-order valence-electron chi connectivity index (χ0n) is 18.6. The second-order valence-corrected chi connectivity index (χ2v) is 8.35. The van der Waals surface area contributed by atoms with Crippen LogP contribution in [-0.2, 0) is 4.79 Å². The molecule has 0 saturated carbocycles. The number of rotatable bonds is 6. The number of aromatic nitrogens is 4. The van der Waals surface area contributed by atoms with Gasteiger partial charge in [-0.3, -0.25) is 9.69 Å². The summed E-state index contributed by atoms with van der Waals surface area (Å²) in [5.74, 6) is 1.43. The number of likely N-dealkylation sites (N-methyl/N-ethyl adjacent to an activating group) is 2. The molecule has 1 aliphatic rings. The van der Waals surface area contributed by atoms with E-state index in [2.05, 4.69) is 20.3 Å². The first kappa shape index (κ1) is 21.0. The van der Waals surface area contributed by atoms with Gasteiger partial charge in [0.2, 0.25) is 11.9 Å². The van der Waals surface area contributed by atoms with Crippen molar-refractivity contribution in [2.75, 3.05) is 51.5 Å². The fourth-order valence-corrected chi connectivity index (χ4v) is 3.92. The van der Waals surface area contributed by atoms with Crippen molar-refractivity contribution in [1.29, 1.82) is 0 Å². The number of imidazole rings is 1. The van der Waals surface area contributed by atoms with Crippen molar-refractivity contribution in [3.63, 3.8) is 0 Å². The second kappa shape index (κ2) is 8.89. The first-order valence-electron chi connectivity index (χ1n) is 10.6. The van der Waals surface area contributed by atoms with Gasteiger partial charge in [0.15, 0.2) is 11.5 Å². The number of hydrogen-bond donors (Lipinski definition) is 1. The van der Waals surface area contributed by atoms with Crippen LogP contribution in [0.3, 0.4) is 0 Å². The largest absolute Gasteiger partial charge is 0.347 e. The molecule has 1 N–H and O–H groups in total. The van der Waals surface area contributed by atoms with Crippen LogP contribution in [0.1, 0.15) is 30.9 Å². The first-order valence-corrected chi connectivity index (χ1v) is 10.6. The summed E-state index contributed by atoms with van der Waals surface area (Å²) in [6.45, 7) is 1.94. The Hall–Kier alpha value is -3.20. The molecule has 31 heavy (non-hydrogen) atoms. The summed E-state index contributed by atoms with van der Waals surface area (Å²) in [5.41, 5.74) is 2.50. The molecule has 9 nitrogen and oxygen atoms in total. The first-order chi connectivity index (χ1) is 14.9. The molecule has 1 amide bonds. The maximum atomic E-state index is 12.6. The molecule has 1 aromatic carbocycles. The van der Waals surface area contributed by atoms with Crippen LogP contribution < -0.4 is 10.2 Å². The van der Waals surface area contributed by atoms with Gasteiger partial charge in [-0.15, -0.1) is 5.10 Å². The number of nitrogens with zero attached hydrogens (tertiary/aromatic N) is 7. The quantitative estimate of drug-likeness (QED) is 0.654. The summed E-state index contributed by atoms with van der Waals surface area (Å²) in [6, 6.07) is 7.56. The standard InChI is InChI=1S/C22H30N8O/c1-27(2)18(21(31)28(3)4)16-8-10-17(11-9-16)24-19-20-23-12-15-30(20)26-22(25-19)29-13-6-5-7-14-29/h8-12,15,18H,5-7,13-14H2,1-4H3,(H,24,25,26). The topological polar surface area (TPSA) is 81.9 Å². The zero-order valence-corrected chi connectivity index (χ0v) is 18.6. The number of hydrogen-bond acceptors (Lipinski definition) is 7. The molecule has 0 bridgehead atoms. The molecule has 3 aromatic rings. The van der Waals surface area contributed by atoms with Gasteiger partial charge >= 0.3 is 0 Å². The van der Waals surface area contributed by atoms with E-state index in [0.717, 1.165) is 37.2 Å². The Morgan fingerprint density at radius 1 is 1.06 bits per heavy atom. The molecule has 1 unspecified atom stereocenters. The third kappa shape index (κ3) is 4.46. The molecular weight excluding hydrogens is 392 g/mol. The molecule has 2 aromatic heterocycles. The van der Waals surface area contributed by atoms with Gasteiger partial charge in [-0.2, -0.15) is 4.98 Å². The molecule has 164 valence electrons. The van der Waals surface area contributed by atoms with Gasteiger partial charge in [-0.05, 0) is 51.1 Å². The lowest BCUT2D eigenvalue weighted by Gasteiger charge is -2.27. The average molecular weight is 423 g/mol. The number of amides is 1. The predicted octanol–water partition coefficient (Wildman–Crippen LogP) is 2.55. The molecule has 0 radical (unpaired) electrons. The highest BCUT2D eigenvalue weighted by atomic mass is 16.2. The predicted molar refractivity (Wildman–Crippen MR) is 122 cm³/mol. The van der Waals surface area contributed by atoms with E-state index in [1.54, 1.807) is 29.7 Å². The fraction of sp³-hybridized carbons (Fsp3) is 0.455. The smallest absolute Gasteiger partial charge is 0.245 e. The van der Waals surface area contributed by atoms with E-state index < -0.39 is 0 Å². The van der Waals surface area contributed by atoms with Crippen molar-refractivity contribution in [2.45, 2.75) is 25.3 Å². The van der Waals surface area contributed by atoms with E-state index in [1.807, 2.05) is 49.5 Å². The Labute approximate surface area is 182 Å². The maximum Gasteiger partial charge on any atom is 0.245 e. The van der Waals surface area contributed by atoms with Crippen molar-refractivity contribution >= 4 is 29.0 Å². The number of carbonyl (C=O) groups is 1. The van der Waals surface area contributed by atoms with Crippen molar-refractivity contribution < 1.29 is 4.79 Å². The van der Waals surface area contributed by atoms with Gasteiger partial charge in [0.05, 0.1) is 0 Å². The lowest BCUT2D eigenvalue weighted by molar-refractivity contribution is -0.133. The highest BCUT2D eigenvalue weighted by Crippen LogP contribution is 2.26. The molecule has 0 spiro atoms. The van der Waals surface area contributed by atoms with Crippen LogP contribution >= 0.6 is 0 Å². The van der Waals surface area contributed by atoms with Crippen molar-refractivity contribution in [3.8, 4) is 0 Å². The Morgan fingerprint density at radius 2 is 1.77 bits per heavy atom. The lowest BCUT2D eigenvalue weighted by Crippen LogP contribution is -2.36.